The number of ether oxygens (including phenoxy) is 1. The lowest BCUT2D eigenvalue weighted by molar-refractivity contribution is -0.134. The van der Waals surface area contributed by atoms with Crippen molar-refractivity contribution >= 4 is 15.7 Å². The van der Waals surface area contributed by atoms with Crippen molar-refractivity contribution < 1.29 is 17.9 Å². The number of rotatable bonds is 7. The fraction of sp³-hybridized carbons (Fsp3) is 0.457. The first kappa shape index (κ1) is 30.3. The van der Waals surface area contributed by atoms with Crippen molar-refractivity contribution in [1.29, 1.82) is 0 Å². The van der Waals surface area contributed by atoms with Gasteiger partial charge in [0.15, 0.2) is 9.84 Å². The second kappa shape index (κ2) is 14.3. The van der Waals surface area contributed by atoms with E-state index in [1.54, 1.807) is 24.3 Å². The number of piperidine rings is 1. The number of hydrogen-bond donors (Lipinski definition) is 0. The third kappa shape index (κ3) is 8.23. The van der Waals surface area contributed by atoms with Crippen molar-refractivity contribution in [3.63, 3.8) is 0 Å². The Kier molecular flexibility index (Phi) is 10.3. The van der Waals surface area contributed by atoms with Crippen molar-refractivity contribution in [1.82, 2.24) is 9.80 Å². The van der Waals surface area contributed by atoms with Crippen LogP contribution in [0.1, 0.15) is 56.1 Å². The molecule has 1 spiro atoms. The highest BCUT2D eigenvalue weighted by Gasteiger charge is 2.37. The predicted molar refractivity (Wildman–Crippen MR) is 167 cm³/mol. The van der Waals surface area contributed by atoms with E-state index < -0.39 is 9.84 Å². The summed E-state index contributed by atoms with van der Waals surface area (Å²) in [4.78, 5) is 18.0. The van der Waals surface area contributed by atoms with E-state index in [0.717, 1.165) is 77.0 Å². The van der Waals surface area contributed by atoms with Gasteiger partial charge in [-0.25, -0.2) is 8.42 Å². The van der Waals surface area contributed by atoms with Gasteiger partial charge in [-0.1, -0.05) is 73.2 Å². The predicted octanol–water partition coefficient (Wildman–Crippen LogP) is 6.16. The lowest BCUT2D eigenvalue weighted by Gasteiger charge is -2.45. The number of benzene rings is 3. The number of hydrogen-bond acceptors (Lipinski definition) is 5. The molecule has 3 aromatic carbocycles. The van der Waals surface area contributed by atoms with Gasteiger partial charge in [-0.2, -0.15) is 0 Å². The van der Waals surface area contributed by atoms with Gasteiger partial charge in [0.25, 0.3) is 0 Å². The van der Waals surface area contributed by atoms with E-state index in [4.69, 9.17) is 4.74 Å². The van der Waals surface area contributed by atoms with E-state index in [9.17, 15) is 13.2 Å². The Bertz CT molecular complexity index is 1390. The molecule has 0 saturated carbocycles. The molecule has 0 aromatic heterocycles. The Morgan fingerprint density at radius 1 is 0.810 bits per heavy atom. The van der Waals surface area contributed by atoms with Crippen LogP contribution in [0.15, 0.2) is 89.8 Å². The Morgan fingerprint density at radius 2 is 1.50 bits per heavy atom. The topological polar surface area (TPSA) is 66.9 Å². The molecule has 224 valence electrons. The van der Waals surface area contributed by atoms with Crippen LogP contribution in [-0.4, -0.2) is 62.7 Å². The second-order valence-electron chi connectivity index (χ2n) is 12.0. The average Bonchev–Trinajstić information content (AvgIpc) is 3.00. The van der Waals surface area contributed by atoms with E-state index in [2.05, 4.69) is 59.5 Å². The van der Waals surface area contributed by atoms with E-state index in [0.29, 0.717) is 17.9 Å². The lowest BCUT2D eigenvalue weighted by atomic mass is 9.73. The molecule has 1 saturated heterocycles. The molecule has 0 atom stereocenters. The molecule has 2 heterocycles. The fourth-order valence-corrected chi connectivity index (χ4v) is 7.85. The van der Waals surface area contributed by atoms with E-state index >= 15 is 0 Å². The first-order chi connectivity index (χ1) is 20.4. The SMILES string of the molecule is O=C(CCCS(=O)(=O)c1ccccc1)N1CCC2(CCCCc3ccccc3OCCN(Cc3ccccc3)C2)CC1. The zero-order valence-corrected chi connectivity index (χ0v) is 25.4. The van der Waals surface area contributed by atoms with Gasteiger partial charge in [-0.3, -0.25) is 9.69 Å². The van der Waals surface area contributed by atoms with Crippen LogP contribution in [-0.2, 0) is 27.6 Å². The average molecular weight is 589 g/mol. The minimum atomic E-state index is -3.37. The second-order valence-corrected chi connectivity index (χ2v) is 14.1. The molecule has 0 bridgehead atoms. The highest BCUT2D eigenvalue weighted by molar-refractivity contribution is 7.91. The van der Waals surface area contributed by atoms with Crippen LogP contribution in [0.25, 0.3) is 0 Å². The minimum absolute atomic E-state index is 0.000175. The molecule has 6 nitrogen and oxygen atoms in total. The number of nitrogens with zero attached hydrogens (tertiary/aromatic N) is 2. The van der Waals surface area contributed by atoms with Crippen LogP contribution in [0.3, 0.4) is 0 Å². The number of amides is 1. The maximum atomic E-state index is 13.1. The Balaban J connectivity index is 1.21. The molecule has 3 aromatic rings. The highest BCUT2D eigenvalue weighted by Crippen LogP contribution is 2.39. The van der Waals surface area contributed by atoms with Gasteiger partial charge in [0.2, 0.25) is 5.91 Å². The van der Waals surface area contributed by atoms with Crippen molar-refractivity contribution in [3.05, 3.63) is 96.1 Å². The van der Waals surface area contributed by atoms with Crippen LogP contribution >= 0.6 is 0 Å². The molecule has 0 aliphatic carbocycles. The van der Waals surface area contributed by atoms with Gasteiger partial charge >= 0.3 is 0 Å². The molecule has 0 radical (unpaired) electrons. The summed E-state index contributed by atoms with van der Waals surface area (Å²) in [7, 11) is -3.37. The Morgan fingerprint density at radius 3 is 2.26 bits per heavy atom. The molecule has 0 N–H and O–H groups in total. The highest BCUT2D eigenvalue weighted by atomic mass is 32.2. The summed E-state index contributed by atoms with van der Waals surface area (Å²) < 4.78 is 31.6. The quantitative estimate of drug-likeness (QED) is 0.331. The van der Waals surface area contributed by atoms with Crippen LogP contribution in [0.2, 0.25) is 0 Å². The Labute approximate surface area is 251 Å². The third-order valence-electron chi connectivity index (χ3n) is 8.93. The molecule has 2 aliphatic rings. The van der Waals surface area contributed by atoms with Gasteiger partial charge in [0.1, 0.15) is 12.4 Å². The summed E-state index contributed by atoms with van der Waals surface area (Å²) in [6.45, 7) is 4.85. The maximum absolute atomic E-state index is 13.1. The number of para-hydroxylation sites is 1. The van der Waals surface area contributed by atoms with Gasteiger partial charge in [0, 0.05) is 39.1 Å². The third-order valence-corrected chi connectivity index (χ3v) is 10.7. The molecule has 2 aliphatic heterocycles. The zero-order valence-electron chi connectivity index (χ0n) is 24.6. The maximum Gasteiger partial charge on any atom is 0.222 e. The summed E-state index contributed by atoms with van der Waals surface area (Å²) in [6, 6.07) is 27.6. The van der Waals surface area contributed by atoms with Gasteiger partial charge < -0.3 is 9.64 Å². The van der Waals surface area contributed by atoms with Gasteiger partial charge in [-0.05, 0) is 73.3 Å². The number of fused-ring (bicyclic) bond motifs is 1. The molecule has 7 heteroatoms. The van der Waals surface area contributed by atoms with Crippen molar-refractivity contribution in [2.75, 3.05) is 38.5 Å². The normalized spacial score (nSPS) is 18.3. The van der Waals surface area contributed by atoms with Crippen LogP contribution in [0, 0.1) is 5.41 Å². The summed E-state index contributed by atoms with van der Waals surface area (Å²) >= 11 is 0. The number of aryl methyl sites for hydroxylation is 1. The van der Waals surface area contributed by atoms with E-state index in [-0.39, 0.29) is 23.5 Å². The van der Waals surface area contributed by atoms with Crippen molar-refractivity contribution in [2.24, 2.45) is 5.41 Å². The largest absolute Gasteiger partial charge is 0.492 e. The smallest absolute Gasteiger partial charge is 0.222 e. The number of carbonyl (C=O) groups excluding carboxylic acids is 1. The molecule has 42 heavy (non-hydrogen) atoms. The standard InChI is InChI=1S/C35H44N2O4S/c38-34(19-11-27-42(39,40)32-16-5-2-6-17-32)37-23-21-35(22-24-37)20-10-9-15-31-14-7-8-18-33(31)41-26-25-36(29-35)28-30-12-3-1-4-13-30/h1-8,12-14,16-18H,9-11,15,19-29H2. The zero-order chi connectivity index (χ0) is 29.3. The molecular weight excluding hydrogens is 544 g/mol. The van der Waals surface area contributed by atoms with Gasteiger partial charge in [0.05, 0.1) is 10.6 Å². The van der Waals surface area contributed by atoms with Crippen molar-refractivity contribution in [2.45, 2.75) is 62.8 Å². The number of carbonyl (C=O) groups is 1. The Hall–Kier alpha value is -3.16. The minimum Gasteiger partial charge on any atom is -0.492 e. The molecule has 1 fully saturated rings. The number of sulfone groups is 1. The summed E-state index contributed by atoms with van der Waals surface area (Å²) in [6.07, 6.45) is 7.03. The van der Waals surface area contributed by atoms with Crippen LogP contribution in [0.4, 0.5) is 0 Å². The lowest BCUT2D eigenvalue weighted by Crippen LogP contribution is -2.48. The van der Waals surface area contributed by atoms with E-state index in [1.807, 2.05) is 11.0 Å². The number of likely N-dealkylation sites (tertiary alicyclic amines) is 1. The molecule has 1 amide bonds. The molecule has 0 unspecified atom stereocenters. The summed E-state index contributed by atoms with van der Waals surface area (Å²) in [5, 5.41) is 0. The first-order valence-corrected chi connectivity index (χ1v) is 17.1. The summed E-state index contributed by atoms with van der Waals surface area (Å²) in [5.41, 5.74) is 2.75. The fourth-order valence-electron chi connectivity index (χ4n) is 6.52. The first-order valence-electron chi connectivity index (χ1n) is 15.5. The van der Waals surface area contributed by atoms with Crippen LogP contribution in [0.5, 0.6) is 5.75 Å². The molecular formula is C35H44N2O4S. The van der Waals surface area contributed by atoms with Gasteiger partial charge in [-0.15, -0.1) is 0 Å². The summed E-state index contributed by atoms with van der Waals surface area (Å²) in [5.74, 6) is 1.09. The van der Waals surface area contributed by atoms with Crippen molar-refractivity contribution in [3.8, 4) is 5.75 Å². The molecule has 5 rings (SSSR count). The van der Waals surface area contributed by atoms with E-state index in [1.165, 1.54) is 11.1 Å². The monoisotopic (exact) mass is 588 g/mol. The van der Waals surface area contributed by atoms with Crippen LogP contribution < -0.4 is 4.74 Å².